The van der Waals surface area contributed by atoms with E-state index >= 15 is 0 Å². The number of rotatable bonds is 3. The van der Waals surface area contributed by atoms with Gasteiger partial charge in [-0.2, -0.15) is 0 Å². The van der Waals surface area contributed by atoms with Crippen LogP contribution in [0.2, 0.25) is 0 Å². The van der Waals surface area contributed by atoms with Crippen molar-refractivity contribution in [1.29, 1.82) is 0 Å². The zero-order valence-electron chi connectivity index (χ0n) is 21.8. The van der Waals surface area contributed by atoms with Gasteiger partial charge in [-0.05, 0) is 50.2 Å². The van der Waals surface area contributed by atoms with Crippen LogP contribution in [0.5, 0.6) is 0 Å². The Labute approximate surface area is 206 Å². The van der Waals surface area contributed by atoms with E-state index in [0.29, 0.717) is 17.6 Å². The molecule has 0 spiro atoms. The van der Waals surface area contributed by atoms with Crippen LogP contribution < -0.4 is 0 Å². The number of hydrogen-bond donors (Lipinski definition) is 2. The molecule has 2 N–H and O–H groups in total. The molecule has 35 heavy (non-hydrogen) atoms. The number of aliphatic hydroxyl groups excluding tert-OH is 2. The lowest BCUT2D eigenvalue weighted by Gasteiger charge is -2.28. The molecule has 0 radical (unpaired) electrons. The molecule has 4 rings (SSSR count). The molecule has 0 bridgehead atoms. The molecule has 3 aliphatic carbocycles. The Morgan fingerprint density at radius 2 is 1.71 bits per heavy atom. The lowest BCUT2D eigenvalue weighted by Crippen LogP contribution is -2.43. The topological polar surface area (TPSA) is 123 Å². The predicted molar refractivity (Wildman–Crippen MR) is 126 cm³/mol. The largest absolute Gasteiger partial charge is 0.461 e. The third kappa shape index (κ3) is 3.63. The summed E-state index contributed by atoms with van der Waals surface area (Å²) in [4.78, 5) is 38.9. The highest BCUT2D eigenvalue weighted by Crippen LogP contribution is 2.68. The van der Waals surface area contributed by atoms with Crippen LogP contribution in [-0.2, 0) is 28.6 Å². The zero-order chi connectivity index (χ0) is 26.2. The van der Waals surface area contributed by atoms with Crippen molar-refractivity contribution in [2.75, 3.05) is 0 Å². The molecule has 194 valence electrons. The molecule has 0 aromatic carbocycles. The van der Waals surface area contributed by atoms with Gasteiger partial charge < -0.3 is 24.4 Å². The van der Waals surface area contributed by atoms with Gasteiger partial charge >= 0.3 is 11.9 Å². The number of ketones is 1. The minimum absolute atomic E-state index is 0.202. The van der Waals surface area contributed by atoms with Crippen LogP contribution in [0.15, 0.2) is 23.3 Å². The van der Waals surface area contributed by atoms with Gasteiger partial charge in [0.25, 0.3) is 0 Å². The predicted octanol–water partition coefficient (Wildman–Crippen LogP) is 2.50. The van der Waals surface area contributed by atoms with E-state index in [-0.39, 0.29) is 23.5 Å². The van der Waals surface area contributed by atoms with Gasteiger partial charge in [0.15, 0.2) is 17.0 Å². The molecule has 8 heteroatoms. The average molecular weight is 491 g/mol. The molecule has 8 nitrogen and oxygen atoms in total. The van der Waals surface area contributed by atoms with Crippen molar-refractivity contribution in [3.63, 3.8) is 0 Å². The minimum atomic E-state index is -1.26. The summed E-state index contributed by atoms with van der Waals surface area (Å²) in [5, 5.41) is 22.5. The number of esters is 2. The van der Waals surface area contributed by atoms with Crippen LogP contribution in [-0.4, -0.2) is 63.6 Å². The van der Waals surface area contributed by atoms with Gasteiger partial charge in [0.1, 0.15) is 18.3 Å². The number of carbonyl (C=O) groups is 3. The second-order valence-corrected chi connectivity index (χ2v) is 11.6. The minimum Gasteiger partial charge on any atom is -0.461 e. The lowest BCUT2D eigenvalue weighted by atomic mass is 9.80. The highest BCUT2D eigenvalue weighted by atomic mass is 16.7. The number of epoxide rings is 1. The summed E-state index contributed by atoms with van der Waals surface area (Å²) >= 11 is 0. The van der Waals surface area contributed by atoms with E-state index in [1.54, 1.807) is 39.8 Å². The zero-order valence-corrected chi connectivity index (χ0v) is 21.8. The standard InChI is InChI=1S/C27H38O8/c1-9-12(2)24(32)34-21-18-17(25(18,7)8)20(33-16(6)28)15(5)23(31)27-11-14(4)22(30)26(27,35-27)10-13(3)19(21)29/h9-10,14-15,17-22,29-30H,11H2,1-8H3/b12-9+,13-10+/t14-,15-,17-,18+,19+,20-,21?,22-,26-,27-/m0/s1. The maximum absolute atomic E-state index is 13.9. The van der Waals surface area contributed by atoms with Crippen molar-refractivity contribution < 1.29 is 38.8 Å². The van der Waals surface area contributed by atoms with Crippen LogP contribution in [0.4, 0.5) is 0 Å². The summed E-state index contributed by atoms with van der Waals surface area (Å²) in [6, 6.07) is 0. The van der Waals surface area contributed by atoms with Crippen LogP contribution in [0.1, 0.15) is 61.8 Å². The van der Waals surface area contributed by atoms with Gasteiger partial charge in [0, 0.05) is 24.3 Å². The summed E-state index contributed by atoms with van der Waals surface area (Å²) in [6.45, 7) is 13.9. The highest BCUT2D eigenvalue weighted by Gasteiger charge is 2.82. The molecule has 3 fully saturated rings. The van der Waals surface area contributed by atoms with Crippen molar-refractivity contribution >= 4 is 17.7 Å². The number of ether oxygens (including phenoxy) is 3. The molecular formula is C27H38O8. The number of carbonyl (C=O) groups excluding carboxylic acids is 3. The van der Waals surface area contributed by atoms with Crippen LogP contribution >= 0.6 is 0 Å². The van der Waals surface area contributed by atoms with Gasteiger partial charge in [-0.3, -0.25) is 9.59 Å². The second kappa shape index (κ2) is 8.25. The highest BCUT2D eigenvalue weighted by molar-refractivity contribution is 5.96. The summed E-state index contributed by atoms with van der Waals surface area (Å²) in [7, 11) is 0. The first-order valence-electron chi connectivity index (χ1n) is 12.5. The molecule has 10 atom stereocenters. The molecular weight excluding hydrogens is 452 g/mol. The Morgan fingerprint density at radius 3 is 2.29 bits per heavy atom. The molecule has 4 aliphatic rings. The monoisotopic (exact) mass is 490 g/mol. The first kappa shape index (κ1) is 26.0. The molecule has 2 saturated carbocycles. The average Bonchev–Trinajstić information content (AvgIpc) is 3.58. The van der Waals surface area contributed by atoms with E-state index in [1.807, 2.05) is 20.8 Å². The van der Waals surface area contributed by atoms with E-state index in [0.717, 1.165) is 0 Å². The van der Waals surface area contributed by atoms with Crippen molar-refractivity contribution in [2.24, 2.45) is 29.1 Å². The molecule has 1 unspecified atom stereocenters. The SMILES string of the molecule is C/C=C(\C)C(=O)OC1[C@H](O)/C(C)=C/[C@@]23O[C@@]2(C[C@H](C)[C@@H]3O)C(=O)[C@@H](C)[C@H](OC(C)=O)[C@@H]2[C@H]1C2(C)C. The van der Waals surface area contributed by atoms with Gasteiger partial charge in [-0.25, -0.2) is 4.79 Å². The maximum atomic E-state index is 13.9. The van der Waals surface area contributed by atoms with E-state index < -0.39 is 58.9 Å². The van der Waals surface area contributed by atoms with Crippen molar-refractivity contribution in [3.8, 4) is 0 Å². The van der Waals surface area contributed by atoms with Crippen molar-refractivity contribution in [2.45, 2.75) is 97.4 Å². The van der Waals surface area contributed by atoms with Gasteiger partial charge in [-0.15, -0.1) is 0 Å². The Morgan fingerprint density at radius 1 is 1.11 bits per heavy atom. The quantitative estimate of drug-likeness (QED) is 0.268. The number of hydrogen-bond acceptors (Lipinski definition) is 8. The first-order valence-corrected chi connectivity index (χ1v) is 12.5. The van der Waals surface area contributed by atoms with E-state index in [4.69, 9.17) is 14.2 Å². The summed E-state index contributed by atoms with van der Waals surface area (Å²) in [6.07, 6.45) is -0.241. The molecule has 0 aromatic heterocycles. The Balaban J connectivity index is 1.85. The van der Waals surface area contributed by atoms with E-state index in [1.165, 1.54) is 6.92 Å². The van der Waals surface area contributed by atoms with Gasteiger partial charge in [0.2, 0.25) is 0 Å². The molecule has 1 aliphatic heterocycles. The Kier molecular flexibility index (Phi) is 6.14. The number of allylic oxidation sites excluding steroid dienone is 1. The fourth-order valence-corrected chi connectivity index (χ4v) is 6.85. The summed E-state index contributed by atoms with van der Waals surface area (Å²) in [5.74, 6) is -2.88. The normalized spacial score (nSPS) is 47.8. The summed E-state index contributed by atoms with van der Waals surface area (Å²) < 4.78 is 17.7. The summed E-state index contributed by atoms with van der Waals surface area (Å²) in [5.41, 5.74) is -2.11. The smallest absolute Gasteiger partial charge is 0.333 e. The molecule has 1 heterocycles. The van der Waals surface area contributed by atoms with Gasteiger partial charge in [-0.1, -0.05) is 33.8 Å². The van der Waals surface area contributed by atoms with Crippen molar-refractivity contribution in [3.05, 3.63) is 23.3 Å². The first-order chi connectivity index (χ1) is 16.2. The van der Waals surface area contributed by atoms with Crippen LogP contribution in [0, 0.1) is 29.1 Å². The molecule has 0 aromatic rings. The van der Waals surface area contributed by atoms with E-state index in [2.05, 4.69) is 0 Å². The number of Topliss-reactive ketones (excluding diaryl/α,β-unsaturated/α-hetero) is 1. The molecule has 0 amide bonds. The molecule has 1 saturated heterocycles. The Hall–Kier alpha value is -2.03. The third-order valence-electron chi connectivity index (χ3n) is 9.05. The van der Waals surface area contributed by atoms with Crippen LogP contribution in [0.3, 0.4) is 0 Å². The fourth-order valence-electron chi connectivity index (χ4n) is 6.85. The van der Waals surface area contributed by atoms with Crippen LogP contribution in [0.25, 0.3) is 0 Å². The maximum Gasteiger partial charge on any atom is 0.333 e. The Bertz CT molecular complexity index is 1010. The van der Waals surface area contributed by atoms with Crippen molar-refractivity contribution in [1.82, 2.24) is 0 Å². The fraction of sp³-hybridized carbons (Fsp3) is 0.741. The number of aliphatic hydroxyl groups is 2. The van der Waals surface area contributed by atoms with E-state index in [9.17, 15) is 24.6 Å². The second-order valence-electron chi connectivity index (χ2n) is 11.6. The lowest BCUT2D eigenvalue weighted by molar-refractivity contribution is -0.157. The number of fused-ring (bicyclic) bond motifs is 1. The van der Waals surface area contributed by atoms with Gasteiger partial charge in [0.05, 0.1) is 12.0 Å². The third-order valence-corrected chi connectivity index (χ3v) is 9.05.